The van der Waals surface area contributed by atoms with Crippen molar-refractivity contribution in [2.45, 2.75) is 20.4 Å². The lowest BCUT2D eigenvalue weighted by Crippen LogP contribution is -2.22. The lowest BCUT2D eigenvalue weighted by atomic mass is 10.0. The predicted octanol–water partition coefficient (Wildman–Crippen LogP) is 2.85. The largest absolute Gasteiger partial charge is 0.465 e. The first kappa shape index (κ1) is 15.9. The monoisotopic (exact) mass is 322 g/mol. The number of fused-ring (bicyclic) bond motifs is 1. The Balaban J connectivity index is 2.23. The minimum Gasteiger partial charge on any atom is -0.465 e. The zero-order valence-electron chi connectivity index (χ0n) is 13.9. The van der Waals surface area contributed by atoms with Crippen molar-refractivity contribution in [3.8, 4) is 0 Å². The van der Waals surface area contributed by atoms with Gasteiger partial charge in [0.05, 0.1) is 36.0 Å². The number of carbonyl (C=O) groups excluding carboxylic acids is 1. The second kappa shape index (κ2) is 6.28. The van der Waals surface area contributed by atoms with Crippen molar-refractivity contribution >= 4 is 16.7 Å². The number of nitrogens with zero attached hydrogens (tertiary/aromatic N) is 2. The summed E-state index contributed by atoms with van der Waals surface area (Å²) in [5.41, 5.74) is 2.40. The first-order chi connectivity index (χ1) is 11.5. The summed E-state index contributed by atoms with van der Waals surface area (Å²) in [6.45, 7) is 4.00. The summed E-state index contributed by atoms with van der Waals surface area (Å²) in [5.74, 6) is -0.481. The fourth-order valence-corrected chi connectivity index (χ4v) is 2.95. The predicted molar refractivity (Wildman–Crippen MR) is 92.4 cm³/mol. The van der Waals surface area contributed by atoms with Crippen molar-refractivity contribution in [3.05, 3.63) is 75.5 Å². The summed E-state index contributed by atoms with van der Waals surface area (Å²) in [7, 11) is 1.32. The number of hydrogen-bond acceptors (Lipinski definition) is 4. The molecule has 0 saturated heterocycles. The zero-order chi connectivity index (χ0) is 17.3. The molecule has 0 spiro atoms. The highest BCUT2D eigenvalue weighted by molar-refractivity contribution is 6.05. The number of benzene rings is 1. The van der Waals surface area contributed by atoms with Gasteiger partial charge in [-0.25, -0.2) is 4.79 Å². The van der Waals surface area contributed by atoms with Crippen LogP contribution in [0, 0.1) is 13.8 Å². The van der Waals surface area contributed by atoms with Gasteiger partial charge >= 0.3 is 5.97 Å². The van der Waals surface area contributed by atoms with Gasteiger partial charge in [0.1, 0.15) is 0 Å². The molecule has 0 atom stereocenters. The molecule has 3 aromatic rings. The minimum absolute atomic E-state index is 0.161. The van der Waals surface area contributed by atoms with E-state index in [2.05, 4.69) is 4.98 Å². The molecule has 0 fully saturated rings. The maximum Gasteiger partial charge on any atom is 0.340 e. The summed E-state index contributed by atoms with van der Waals surface area (Å²) < 4.78 is 6.47. The molecule has 0 amide bonds. The van der Waals surface area contributed by atoms with E-state index < -0.39 is 5.97 Å². The Hall–Kier alpha value is -2.95. The molecule has 24 heavy (non-hydrogen) atoms. The van der Waals surface area contributed by atoms with Crippen LogP contribution in [-0.2, 0) is 11.3 Å². The van der Waals surface area contributed by atoms with E-state index in [0.717, 1.165) is 5.56 Å². The number of carbonyl (C=O) groups is 1. The van der Waals surface area contributed by atoms with Crippen molar-refractivity contribution in [1.82, 2.24) is 9.55 Å². The van der Waals surface area contributed by atoms with Crippen LogP contribution in [0.2, 0.25) is 0 Å². The molecular weight excluding hydrogens is 304 g/mol. The Kier molecular flexibility index (Phi) is 4.16. The van der Waals surface area contributed by atoms with E-state index in [-0.39, 0.29) is 5.56 Å². The fraction of sp³-hybridized carbons (Fsp3) is 0.211. The Morgan fingerprint density at radius 1 is 1.12 bits per heavy atom. The van der Waals surface area contributed by atoms with E-state index in [0.29, 0.717) is 34.3 Å². The first-order valence-corrected chi connectivity index (χ1v) is 7.65. The van der Waals surface area contributed by atoms with E-state index in [1.807, 2.05) is 30.3 Å². The number of rotatable bonds is 3. The van der Waals surface area contributed by atoms with Gasteiger partial charge in [-0.3, -0.25) is 9.78 Å². The summed E-state index contributed by atoms with van der Waals surface area (Å²) in [4.78, 5) is 29.3. The van der Waals surface area contributed by atoms with E-state index >= 15 is 0 Å². The Labute approximate surface area is 139 Å². The second-order valence-electron chi connectivity index (χ2n) is 5.67. The third-order valence-corrected chi connectivity index (χ3v) is 4.08. The van der Waals surface area contributed by atoms with Crippen LogP contribution in [0.5, 0.6) is 0 Å². The molecule has 3 rings (SSSR count). The third kappa shape index (κ3) is 2.69. The summed E-state index contributed by atoms with van der Waals surface area (Å²) in [5, 5.41) is 1.04. The molecule has 0 aliphatic rings. The van der Waals surface area contributed by atoms with Gasteiger partial charge in [-0.05, 0) is 25.5 Å². The van der Waals surface area contributed by atoms with E-state index in [4.69, 9.17) is 4.74 Å². The molecule has 0 saturated carbocycles. The van der Waals surface area contributed by atoms with Crippen LogP contribution < -0.4 is 5.56 Å². The van der Waals surface area contributed by atoms with Crippen LogP contribution in [0.15, 0.2) is 47.4 Å². The molecule has 2 aromatic heterocycles. The van der Waals surface area contributed by atoms with Gasteiger partial charge in [-0.2, -0.15) is 0 Å². The number of esters is 1. The molecule has 0 unspecified atom stereocenters. The van der Waals surface area contributed by atoms with E-state index in [1.54, 1.807) is 30.7 Å². The Morgan fingerprint density at radius 2 is 1.83 bits per heavy atom. The van der Waals surface area contributed by atoms with Crippen LogP contribution in [0.3, 0.4) is 0 Å². The fourth-order valence-electron chi connectivity index (χ4n) is 2.95. The third-order valence-electron chi connectivity index (χ3n) is 4.08. The van der Waals surface area contributed by atoms with Crippen LogP contribution in [0.1, 0.15) is 27.3 Å². The highest BCUT2D eigenvalue weighted by atomic mass is 16.5. The molecule has 1 aromatic carbocycles. The molecule has 0 aliphatic heterocycles. The average Bonchev–Trinajstić information content (AvgIpc) is 2.57. The number of ether oxygens (including phenoxy) is 1. The normalized spacial score (nSPS) is 10.8. The molecule has 2 heterocycles. The van der Waals surface area contributed by atoms with Gasteiger partial charge in [0.15, 0.2) is 0 Å². The van der Waals surface area contributed by atoms with Crippen molar-refractivity contribution in [1.29, 1.82) is 0 Å². The number of aryl methyl sites for hydroxylation is 2. The molecular formula is C19H18N2O3. The summed E-state index contributed by atoms with van der Waals surface area (Å²) in [6.07, 6.45) is 1.71. The highest BCUT2D eigenvalue weighted by Gasteiger charge is 2.19. The second-order valence-corrected chi connectivity index (χ2v) is 5.67. The van der Waals surface area contributed by atoms with Crippen LogP contribution in [0.4, 0.5) is 0 Å². The summed E-state index contributed by atoms with van der Waals surface area (Å²) >= 11 is 0. The molecule has 5 nitrogen and oxygen atoms in total. The van der Waals surface area contributed by atoms with Gasteiger partial charge in [0.25, 0.3) is 5.56 Å². The van der Waals surface area contributed by atoms with Crippen molar-refractivity contribution in [3.63, 3.8) is 0 Å². The van der Waals surface area contributed by atoms with Gasteiger partial charge in [-0.1, -0.05) is 30.3 Å². The van der Waals surface area contributed by atoms with E-state index in [9.17, 15) is 9.59 Å². The zero-order valence-corrected chi connectivity index (χ0v) is 13.9. The molecule has 0 N–H and O–H groups in total. The number of aromatic nitrogens is 2. The van der Waals surface area contributed by atoms with Gasteiger partial charge in [-0.15, -0.1) is 0 Å². The van der Waals surface area contributed by atoms with Crippen molar-refractivity contribution in [2.75, 3.05) is 7.11 Å². The average molecular weight is 322 g/mol. The lowest BCUT2D eigenvalue weighted by molar-refractivity contribution is 0.0601. The van der Waals surface area contributed by atoms with Crippen molar-refractivity contribution < 1.29 is 9.53 Å². The maximum absolute atomic E-state index is 12.9. The smallest absolute Gasteiger partial charge is 0.340 e. The summed E-state index contributed by atoms with van der Waals surface area (Å²) in [6, 6.07) is 11.5. The molecule has 0 bridgehead atoms. The van der Waals surface area contributed by atoms with Crippen LogP contribution in [-0.4, -0.2) is 22.6 Å². The lowest BCUT2D eigenvalue weighted by Gasteiger charge is -2.12. The van der Waals surface area contributed by atoms with Gasteiger partial charge in [0, 0.05) is 11.6 Å². The van der Waals surface area contributed by atoms with Crippen molar-refractivity contribution in [2.24, 2.45) is 0 Å². The quantitative estimate of drug-likeness (QED) is 0.696. The molecule has 0 radical (unpaired) electrons. The minimum atomic E-state index is -0.481. The molecule has 5 heteroatoms. The van der Waals surface area contributed by atoms with E-state index in [1.165, 1.54) is 7.11 Å². The number of methoxy groups -OCH3 is 1. The topological polar surface area (TPSA) is 61.2 Å². The maximum atomic E-state index is 12.9. The van der Waals surface area contributed by atoms with Gasteiger partial charge < -0.3 is 9.30 Å². The van der Waals surface area contributed by atoms with Gasteiger partial charge in [0.2, 0.25) is 0 Å². The number of hydrogen-bond donors (Lipinski definition) is 0. The first-order valence-electron chi connectivity index (χ1n) is 7.65. The Bertz CT molecular complexity index is 975. The standard InChI is InChI=1S/C19H18N2O3/c1-12-16-15(17(13(2)20-12)19(23)24-3)9-10-21(18(16)22)11-14-7-5-4-6-8-14/h4-10H,11H2,1-3H3. The number of pyridine rings is 2. The van der Waals surface area contributed by atoms with Crippen LogP contribution >= 0.6 is 0 Å². The van der Waals surface area contributed by atoms with Crippen LogP contribution in [0.25, 0.3) is 10.8 Å². The SMILES string of the molecule is COC(=O)c1c(C)nc(C)c2c(=O)n(Cc3ccccc3)ccc12. The molecule has 0 aliphatic carbocycles. The molecule has 122 valence electrons. The highest BCUT2D eigenvalue weighted by Crippen LogP contribution is 2.22. The Morgan fingerprint density at radius 3 is 2.50 bits per heavy atom.